The summed E-state index contributed by atoms with van der Waals surface area (Å²) in [4.78, 5) is 99.2. The Kier molecular flexibility index (Phi) is 50.6. The number of halogens is 4. The zero-order valence-electron chi connectivity index (χ0n) is 67.6. The molecule has 0 bridgehead atoms. The lowest BCUT2D eigenvalue weighted by Gasteiger charge is -2.42. The van der Waals surface area contributed by atoms with Crippen LogP contribution < -0.4 is 37.2 Å². The number of nitrogens with one attached hydrogen (secondary N) is 1. The first-order valence-electron chi connectivity index (χ1n) is 42.4. The predicted octanol–water partition coefficient (Wildman–Crippen LogP) is 18.8. The van der Waals surface area contributed by atoms with Crippen LogP contribution in [-0.4, -0.2) is 181 Å². The number of nitrogen functional groups attached to an aromatic ring is 3. The molecule has 6 heterocycles. The van der Waals surface area contributed by atoms with Gasteiger partial charge in [0.15, 0.2) is 0 Å². The normalized spacial score (nSPS) is 20.9. The van der Waals surface area contributed by atoms with Gasteiger partial charge in [0.05, 0.1) is 47.0 Å². The zero-order chi connectivity index (χ0) is 79.7. The maximum Gasteiger partial charge on any atom is 0.236 e. The standard InChI is InChI=1S/C23H33N3O2.C23H32N2O2.C19H31N3.C13H23NO.C6H8N2.C3H2Cl2O2.CH3I.2CH4.B2.ClH/c1-24-20-11-7-8-12-21(20)26(23(28)17-22(24)27)19-13-15-25(16-14-19)18-9-5-3-2-4-6-10-18;26-21-16-18-8-6-7-11-22(18)25(23(27)17-21)20-12-14-24(15-13-20)19-9-4-2-1-3-5-10-19;20-18-10-6-7-11-19(18)21-16-12-14-22(15-13-16)17-8-4-2-1-3-5-9-17;15-13-8-10-14(11-9-13)12-6-4-2-1-3-5-7-12;7-5-3-1-2-4-6(5)8;4-2(6)1-3(5)7;1-2;;;1-2;/h7-8,11-12,18-19H,2-6,9-10,13-17H2,1H3;6-8,11,19-20H,1-5,9-10,12-17H2;6-7,10-11,16-17,21H,1-5,8-9,12-15,20H2;12H,1-11H2;1-4H,7-8H2;1H2;1H3;2*1H4;;1H. The Labute approximate surface area is 719 Å². The Balaban J connectivity index is 0.000000299. The second kappa shape index (κ2) is 57.0. The molecule has 0 unspecified atom stereocenters. The highest BCUT2D eigenvalue weighted by Gasteiger charge is 2.38. The van der Waals surface area contributed by atoms with Gasteiger partial charge in [-0.05, 0) is 166 Å². The van der Waals surface area contributed by atoms with Gasteiger partial charge in [-0.15, -0.1) is 12.4 Å². The van der Waals surface area contributed by atoms with E-state index in [1.807, 2.05) is 87.5 Å². The third kappa shape index (κ3) is 34.2. The fourth-order valence-corrected chi connectivity index (χ4v) is 18.5. The van der Waals surface area contributed by atoms with Crippen molar-refractivity contribution in [2.45, 2.75) is 314 Å². The van der Waals surface area contributed by atoms with Crippen molar-refractivity contribution in [2.24, 2.45) is 0 Å². The van der Waals surface area contributed by atoms with E-state index >= 15 is 0 Å². The minimum Gasteiger partial charge on any atom is -0.397 e. The average Bonchev–Trinajstić information content (AvgIpc) is 1.57. The van der Waals surface area contributed by atoms with Gasteiger partial charge in [0.2, 0.25) is 28.2 Å². The summed E-state index contributed by atoms with van der Waals surface area (Å²) >= 11 is 11.6. The number of alkyl halides is 1. The number of fused-ring (bicyclic) bond motifs is 2. The monoisotopic (exact) mass is 1740 g/mol. The van der Waals surface area contributed by atoms with Gasteiger partial charge in [-0.1, -0.05) is 220 Å². The van der Waals surface area contributed by atoms with Crippen LogP contribution in [0.5, 0.6) is 0 Å². The number of hydrogen-bond donors (Lipinski definition) is 4. The van der Waals surface area contributed by atoms with Gasteiger partial charge in [-0.25, -0.2) is 0 Å². The number of ketones is 2. The molecule has 4 radical (unpaired) electrons. The number of anilines is 7. The molecule has 632 valence electrons. The van der Waals surface area contributed by atoms with Crippen LogP contribution >= 0.6 is 58.2 Å². The zero-order valence-corrected chi connectivity index (χ0v) is 72.1. The first kappa shape index (κ1) is 101. The Morgan fingerprint density at radius 2 is 0.702 bits per heavy atom. The van der Waals surface area contributed by atoms with Gasteiger partial charge in [0.1, 0.15) is 18.0 Å². The number of likely N-dealkylation sites (tertiary alicyclic amines) is 4. The maximum atomic E-state index is 13.0. The number of hydrogen-bond acceptors (Lipinski definition) is 15. The number of nitrogens with zero attached hydrogens (tertiary/aromatic N) is 7. The van der Waals surface area contributed by atoms with E-state index in [2.05, 4.69) is 75.1 Å². The lowest BCUT2D eigenvalue weighted by atomic mass is 9.81. The summed E-state index contributed by atoms with van der Waals surface area (Å²) in [7, 11) is 9.77. The van der Waals surface area contributed by atoms with E-state index in [0.717, 1.165) is 136 Å². The van der Waals surface area contributed by atoms with Crippen molar-refractivity contribution in [3.63, 3.8) is 0 Å². The Morgan fingerprint density at radius 3 is 1.08 bits per heavy atom. The number of carbonyl (C=O) groups is 7. The summed E-state index contributed by atoms with van der Waals surface area (Å²) in [6.07, 6.45) is 47.1. The third-order valence-electron chi connectivity index (χ3n) is 24.3. The minimum absolute atomic E-state index is 0. The molecule has 14 rings (SSSR count). The van der Waals surface area contributed by atoms with Gasteiger partial charge in [0, 0.05) is 142 Å². The van der Waals surface area contributed by atoms with Crippen molar-refractivity contribution >= 4 is 153 Å². The van der Waals surface area contributed by atoms with E-state index in [9.17, 15) is 33.6 Å². The lowest BCUT2D eigenvalue weighted by molar-refractivity contribution is -0.128. The Bertz CT molecular complexity index is 3360. The summed E-state index contributed by atoms with van der Waals surface area (Å²) in [6, 6.07) is 35.3. The Hall–Kier alpha value is -5.26. The SMILES string of the molecule is C.C.CI.CN1C(=O)CC(=O)N(C2CCN(C3CCCCCCC3)CC2)c2ccccc21.Cl.Nc1ccccc1N.Nc1ccccc1NC1CCN(C2CCCCCCC2)CC1.O=C(Cl)CC(=O)Cl.O=C1CC(=O)N(C2CCN(C3CCCCCCC3)CC2)c2ccccc2C1.O=C1CCN(C2CCCCCCC2)CC1.[B][B]. The quantitative estimate of drug-likeness (QED) is 0.0289. The summed E-state index contributed by atoms with van der Waals surface area (Å²) in [5.41, 5.74) is 23.8. The van der Waals surface area contributed by atoms with Crippen molar-refractivity contribution in [3.8, 4) is 0 Å². The number of nitrogens with two attached hydrogens (primary N) is 3. The molecule has 4 saturated heterocycles. The molecular weight excluding hydrogens is 1600 g/mol. The molecule has 18 nitrogen and oxygen atoms in total. The van der Waals surface area contributed by atoms with Crippen LogP contribution in [0.4, 0.5) is 39.8 Å². The van der Waals surface area contributed by atoms with Gasteiger partial charge >= 0.3 is 0 Å². The van der Waals surface area contributed by atoms with E-state index in [1.165, 1.54) is 206 Å². The summed E-state index contributed by atoms with van der Waals surface area (Å²) in [6.45, 7) is 8.83. The highest BCUT2D eigenvalue weighted by atomic mass is 127. The molecule has 4 aromatic carbocycles. The van der Waals surface area contributed by atoms with E-state index in [4.69, 9.17) is 40.4 Å². The van der Waals surface area contributed by atoms with Gasteiger partial charge < -0.3 is 51.9 Å². The van der Waals surface area contributed by atoms with Crippen LogP contribution in [0.15, 0.2) is 97.1 Å². The molecule has 0 aromatic heterocycles. The van der Waals surface area contributed by atoms with Crippen molar-refractivity contribution in [2.75, 3.05) is 102 Å². The summed E-state index contributed by atoms with van der Waals surface area (Å²) in [5, 5.41) is 2.20. The van der Waals surface area contributed by atoms with Crippen LogP contribution in [0.3, 0.4) is 0 Å². The molecule has 4 aliphatic carbocycles. The van der Waals surface area contributed by atoms with Crippen LogP contribution in [0.1, 0.15) is 271 Å². The van der Waals surface area contributed by atoms with Crippen molar-refractivity contribution in [3.05, 3.63) is 103 Å². The van der Waals surface area contributed by atoms with E-state index in [-0.39, 0.29) is 82.1 Å². The third-order valence-corrected chi connectivity index (χ3v) is 24.5. The molecule has 7 N–H and O–H groups in total. The molecule has 24 heteroatoms. The maximum absolute atomic E-state index is 13.0. The van der Waals surface area contributed by atoms with Crippen LogP contribution in [0, 0.1) is 0 Å². The van der Waals surface area contributed by atoms with Crippen molar-refractivity contribution < 1.29 is 33.6 Å². The molecule has 10 aliphatic rings. The number of benzene rings is 4. The number of rotatable bonds is 10. The average molecular weight is 1740 g/mol. The Morgan fingerprint density at radius 1 is 0.386 bits per heavy atom. The first-order chi connectivity index (χ1) is 54.0. The number of para-hydroxylation sites is 7. The van der Waals surface area contributed by atoms with Crippen LogP contribution in [0.2, 0.25) is 0 Å². The smallest absolute Gasteiger partial charge is 0.236 e. The lowest BCUT2D eigenvalue weighted by Crippen LogP contribution is -2.50. The molecular formula is C90H141B2Cl3IN11O7. The van der Waals surface area contributed by atoms with E-state index < -0.39 is 10.5 Å². The number of Topliss-reactive ketones (excluding diaryl/α,β-unsaturated/α-hetero) is 2. The fourth-order valence-electron chi connectivity index (χ4n) is 18.1. The second-order valence-electron chi connectivity index (χ2n) is 31.8. The van der Waals surface area contributed by atoms with Crippen LogP contribution in [-0.2, 0) is 40.0 Å². The molecule has 8 fully saturated rings. The van der Waals surface area contributed by atoms with E-state index in [1.54, 1.807) is 24.1 Å². The summed E-state index contributed by atoms with van der Waals surface area (Å²) in [5.74, 6) is 0.339. The molecule has 114 heavy (non-hydrogen) atoms. The van der Waals surface area contributed by atoms with Crippen molar-refractivity contribution in [1.82, 2.24) is 19.6 Å². The fraction of sp³-hybridized carbons (Fsp3) is 0.656. The molecule has 4 saturated carbocycles. The predicted molar refractivity (Wildman–Crippen MR) is 491 cm³/mol. The molecule has 0 atom stereocenters. The highest BCUT2D eigenvalue weighted by molar-refractivity contribution is 14.1. The van der Waals surface area contributed by atoms with Gasteiger partial charge in [-0.2, -0.15) is 0 Å². The topological polar surface area (TPSA) is 232 Å². The molecule has 0 spiro atoms. The first-order valence-corrected chi connectivity index (χ1v) is 45.3. The molecule has 6 aliphatic heterocycles. The molecule has 4 aromatic rings. The second-order valence-corrected chi connectivity index (χ2v) is 32.7. The van der Waals surface area contributed by atoms with Crippen LogP contribution in [0.25, 0.3) is 0 Å². The van der Waals surface area contributed by atoms with Gasteiger partial charge in [-0.3, -0.25) is 38.5 Å². The molecule has 3 amide bonds. The highest BCUT2D eigenvalue weighted by Crippen LogP contribution is 2.38. The number of amides is 3. The number of piperidine rings is 4. The van der Waals surface area contributed by atoms with E-state index in [0.29, 0.717) is 29.6 Å². The summed E-state index contributed by atoms with van der Waals surface area (Å²) < 4.78 is 0. The largest absolute Gasteiger partial charge is 0.397 e. The van der Waals surface area contributed by atoms with Gasteiger partial charge in [0.25, 0.3) is 0 Å². The van der Waals surface area contributed by atoms with Crippen molar-refractivity contribution in [1.29, 1.82) is 0 Å². The minimum atomic E-state index is -0.722. The number of carbonyl (C=O) groups excluding carboxylic acids is 7.